The SMILES string of the molecule is CCCCCCCCc1cccc(N=[N+](C)C=Cc2cc(CC)cc(CCCCCC)c2)c1. The van der Waals surface area contributed by atoms with E-state index in [9.17, 15) is 0 Å². The van der Waals surface area contributed by atoms with Gasteiger partial charge in [-0.1, -0.05) is 107 Å². The van der Waals surface area contributed by atoms with Crippen LogP contribution in [0.3, 0.4) is 0 Å². The van der Waals surface area contributed by atoms with Gasteiger partial charge in [-0.2, -0.15) is 0 Å². The first-order valence-electron chi connectivity index (χ1n) is 13.5. The summed E-state index contributed by atoms with van der Waals surface area (Å²) in [4.78, 5) is 0. The van der Waals surface area contributed by atoms with E-state index in [2.05, 4.69) is 75.5 Å². The third-order valence-corrected chi connectivity index (χ3v) is 6.29. The summed E-state index contributed by atoms with van der Waals surface area (Å²) in [5.74, 6) is 0. The number of hydrogen-bond acceptors (Lipinski definition) is 1. The van der Waals surface area contributed by atoms with E-state index in [-0.39, 0.29) is 0 Å². The molecule has 0 fully saturated rings. The Hall–Kier alpha value is -2.22. The van der Waals surface area contributed by atoms with Crippen LogP contribution in [0.4, 0.5) is 5.69 Å². The van der Waals surface area contributed by atoms with E-state index in [4.69, 9.17) is 5.11 Å². The molecule has 0 spiro atoms. The van der Waals surface area contributed by atoms with Crippen LogP contribution < -0.4 is 0 Å². The summed E-state index contributed by atoms with van der Waals surface area (Å²) in [6.45, 7) is 6.79. The lowest BCUT2D eigenvalue weighted by atomic mass is 9.99. The highest BCUT2D eigenvalue weighted by atomic mass is 15.2. The van der Waals surface area contributed by atoms with Crippen molar-refractivity contribution in [1.82, 2.24) is 0 Å². The van der Waals surface area contributed by atoms with E-state index in [1.54, 1.807) is 0 Å². The van der Waals surface area contributed by atoms with Crippen LogP contribution in [0.5, 0.6) is 0 Å². The average Bonchev–Trinajstić information content (AvgIpc) is 2.83. The van der Waals surface area contributed by atoms with Gasteiger partial charge in [0.05, 0.1) is 0 Å². The second kappa shape index (κ2) is 16.4. The first kappa shape index (κ1) is 27.0. The number of unbranched alkanes of at least 4 members (excludes halogenated alkanes) is 8. The highest BCUT2D eigenvalue weighted by Crippen LogP contribution is 2.18. The summed E-state index contributed by atoms with van der Waals surface area (Å²) in [6, 6.07) is 15.7. The first-order valence-corrected chi connectivity index (χ1v) is 13.5. The zero-order chi connectivity index (χ0) is 23.7. The van der Waals surface area contributed by atoms with Crippen molar-refractivity contribution in [2.24, 2.45) is 5.11 Å². The second-order valence-corrected chi connectivity index (χ2v) is 9.42. The Balaban J connectivity index is 1.96. The summed E-state index contributed by atoms with van der Waals surface area (Å²) in [6.07, 6.45) is 21.0. The van der Waals surface area contributed by atoms with Crippen molar-refractivity contribution in [3.05, 3.63) is 70.9 Å². The lowest BCUT2D eigenvalue weighted by Crippen LogP contribution is -1.93. The molecule has 0 atom stereocenters. The van der Waals surface area contributed by atoms with Gasteiger partial charge < -0.3 is 0 Å². The minimum atomic E-state index is 1.03. The third kappa shape index (κ3) is 11.5. The van der Waals surface area contributed by atoms with Crippen LogP contribution in [0.25, 0.3) is 6.08 Å². The molecule has 0 aliphatic carbocycles. The number of nitrogens with zero attached hydrogens (tertiary/aromatic N) is 2. The van der Waals surface area contributed by atoms with E-state index >= 15 is 0 Å². The molecule has 0 aliphatic rings. The topological polar surface area (TPSA) is 15.4 Å². The quantitative estimate of drug-likeness (QED) is 0.138. The van der Waals surface area contributed by atoms with Crippen molar-refractivity contribution in [3.63, 3.8) is 0 Å². The van der Waals surface area contributed by atoms with Crippen LogP contribution in [0.15, 0.2) is 53.8 Å². The van der Waals surface area contributed by atoms with E-state index < -0.39 is 0 Å². The normalized spacial score (nSPS) is 12.1. The summed E-state index contributed by atoms with van der Waals surface area (Å²) < 4.78 is 1.93. The molecule has 0 heterocycles. The van der Waals surface area contributed by atoms with E-state index in [0.717, 1.165) is 18.5 Å². The number of rotatable bonds is 16. The first-order chi connectivity index (χ1) is 16.1. The average molecular weight is 448 g/mol. The van der Waals surface area contributed by atoms with E-state index in [1.165, 1.54) is 92.9 Å². The molecule has 180 valence electrons. The second-order valence-electron chi connectivity index (χ2n) is 9.42. The summed E-state index contributed by atoms with van der Waals surface area (Å²) >= 11 is 0. The molecule has 0 amide bonds. The molecule has 0 N–H and O–H groups in total. The molecule has 0 unspecified atom stereocenters. The Morgan fingerprint density at radius 2 is 1.33 bits per heavy atom. The number of azo groups is 2. The standard InChI is InChI=1S/C31H47N2/c1-5-8-10-12-13-15-17-28-19-16-20-31(26-28)32-33(4)22-21-30-24-27(7-3)23-29(25-30)18-14-11-9-6-2/h16,19-26H,5-15,17-18H2,1-4H3/q+1. The predicted octanol–water partition coefficient (Wildman–Crippen LogP) is 9.67. The van der Waals surface area contributed by atoms with Gasteiger partial charge in [-0.3, -0.25) is 0 Å². The van der Waals surface area contributed by atoms with Gasteiger partial charge >= 0.3 is 0 Å². The number of aryl methyl sites for hydroxylation is 3. The molecule has 2 nitrogen and oxygen atoms in total. The van der Waals surface area contributed by atoms with Crippen molar-refractivity contribution >= 4 is 11.8 Å². The van der Waals surface area contributed by atoms with Crippen LogP contribution >= 0.6 is 0 Å². The van der Waals surface area contributed by atoms with Crippen molar-refractivity contribution < 1.29 is 4.70 Å². The molecule has 0 saturated carbocycles. The van der Waals surface area contributed by atoms with Crippen molar-refractivity contribution in [3.8, 4) is 0 Å². The molecule has 0 aromatic heterocycles. The predicted molar refractivity (Wildman–Crippen MR) is 144 cm³/mol. The fourth-order valence-electron chi connectivity index (χ4n) is 4.28. The van der Waals surface area contributed by atoms with Gasteiger partial charge in [0, 0.05) is 6.08 Å². The summed E-state index contributed by atoms with van der Waals surface area (Å²) in [7, 11) is 2.02. The maximum Gasteiger partial charge on any atom is 0.196 e. The van der Waals surface area contributed by atoms with E-state index in [1.807, 2.05) is 11.7 Å². The molecule has 2 aromatic rings. The van der Waals surface area contributed by atoms with Crippen molar-refractivity contribution in [2.45, 2.75) is 104 Å². The fourth-order valence-corrected chi connectivity index (χ4v) is 4.28. The molecule has 2 aromatic carbocycles. The molecule has 33 heavy (non-hydrogen) atoms. The van der Waals surface area contributed by atoms with E-state index in [0.29, 0.717) is 0 Å². The smallest absolute Gasteiger partial charge is 0.0934 e. The van der Waals surface area contributed by atoms with Crippen molar-refractivity contribution in [2.75, 3.05) is 7.05 Å². The molecular formula is C31H47N2+. The Labute approximate surface area is 203 Å². The van der Waals surface area contributed by atoms with Gasteiger partial charge in [0.1, 0.15) is 5.69 Å². The van der Waals surface area contributed by atoms with Gasteiger partial charge in [-0.05, 0) is 71.6 Å². The molecule has 0 radical (unpaired) electrons. The minimum absolute atomic E-state index is 1.03. The van der Waals surface area contributed by atoms with Crippen LogP contribution in [-0.4, -0.2) is 11.7 Å². The summed E-state index contributed by atoms with van der Waals surface area (Å²) in [5, 5.41) is 4.79. The molecule has 0 bridgehead atoms. The Morgan fingerprint density at radius 1 is 0.697 bits per heavy atom. The molecule has 2 rings (SSSR count). The zero-order valence-electron chi connectivity index (χ0n) is 21.8. The molecule has 2 heteroatoms. The fraction of sp³-hybridized carbons (Fsp3) is 0.548. The highest BCUT2D eigenvalue weighted by molar-refractivity contribution is 5.51. The van der Waals surface area contributed by atoms with Gasteiger partial charge in [0.15, 0.2) is 13.2 Å². The van der Waals surface area contributed by atoms with Crippen LogP contribution in [0.2, 0.25) is 0 Å². The van der Waals surface area contributed by atoms with Crippen LogP contribution in [-0.2, 0) is 19.3 Å². The monoisotopic (exact) mass is 447 g/mol. The van der Waals surface area contributed by atoms with Gasteiger partial charge in [-0.25, -0.2) is 0 Å². The Kier molecular flexibility index (Phi) is 13.4. The Bertz CT molecular complexity index is 863. The summed E-state index contributed by atoms with van der Waals surface area (Å²) in [5.41, 5.74) is 6.59. The third-order valence-electron chi connectivity index (χ3n) is 6.29. The van der Waals surface area contributed by atoms with Gasteiger partial charge in [0.2, 0.25) is 0 Å². The van der Waals surface area contributed by atoms with Gasteiger partial charge in [0.25, 0.3) is 0 Å². The molecule has 0 aliphatic heterocycles. The van der Waals surface area contributed by atoms with Crippen LogP contribution in [0, 0.1) is 0 Å². The lowest BCUT2D eigenvalue weighted by molar-refractivity contribution is -0.491. The minimum Gasteiger partial charge on any atom is -0.0934 e. The lowest BCUT2D eigenvalue weighted by Gasteiger charge is -2.06. The van der Waals surface area contributed by atoms with Crippen LogP contribution in [0.1, 0.15) is 107 Å². The molecular weight excluding hydrogens is 400 g/mol. The Morgan fingerprint density at radius 3 is 2.06 bits per heavy atom. The largest absolute Gasteiger partial charge is 0.196 e. The number of benzene rings is 2. The maximum absolute atomic E-state index is 4.79. The highest BCUT2D eigenvalue weighted by Gasteiger charge is 2.03. The molecule has 0 saturated heterocycles. The van der Waals surface area contributed by atoms with Gasteiger partial charge in [-0.15, -0.1) is 0 Å². The zero-order valence-corrected chi connectivity index (χ0v) is 21.8. The number of hydrogen-bond donors (Lipinski definition) is 0. The maximum atomic E-state index is 4.79. The van der Waals surface area contributed by atoms with Crippen molar-refractivity contribution in [1.29, 1.82) is 0 Å².